The Hall–Kier alpha value is -3.00. The number of halogens is 1. The predicted molar refractivity (Wildman–Crippen MR) is 112 cm³/mol. The molecule has 5 rings (SSSR count). The van der Waals surface area contributed by atoms with Crippen LogP contribution < -0.4 is 14.2 Å². The van der Waals surface area contributed by atoms with Gasteiger partial charge in [-0.3, -0.25) is 9.59 Å². The quantitative estimate of drug-likeness (QED) is 0.729. The first kappa shape index (κ1) is 19.9. The Morgan fingerprint density at radius 2 is 2.06 bits per heavy atom. The Bertz CT molecular complexity index is 1140. The van der Waals surface area contributed by atoms with Gasteiger partial charge in [0.25, 0.3) is 0 Å². The van der Waals surface area contributed by atoms with Gasteiger partial charge in [-0.25, -0.2) is 4.98 Å². The average molecular weight is 444 g/mol. The number of imidazole rings is 1. The fourth-order valence-corrected chi connectivity index (χ4v) is 5.05. The molecule has 2 unspecified atom stereocenters. The molecule has 1 aromatic heterocycles. The normalized spacial score (nSPS) is 24.6. The monoisotopic (exact) mass is 443 g/mol. The number of allylic oxidation sites excluding steroid dienone is 1. The molecule has 31 heavy (non-hydrogen) atoms. The third-order valence-corrected chi connectivity index (χ3v) is 6.83. The molecule has 3 aliphatic rings. The number of hydrogen-bond acceptors (Lipinski definition) is 7. The van der Waals surface area contributed by atoms with Crippen LogP contribution in [-0.4, -0.2) is 52.8 Å². The first-order chi connectivity index (χ1) is 14.9. The lowest BCUT2D eigenvalue weighted by Gasteiger charge is -2.39. The Morgan fingerprint density at radius 3 is 2.77 bits per heavy atom. The molecule has 0 amide bonds. The molecule has 2 aliphatic heterocycles. The molecule has 2 aromatic rings. The number of aromatic amines is 1. The number of aromatic nitrogens is 2. The number of rotatable bonds is 3. The fourth-order valence-electron chi connectivity index (χ4n) is 4.78. The maximum absolute atomic E-state index is 13.6. The minimum absolute atomic E-state index is 0.139. The van der Waals surface area contributed by atoms with Gasteiger partial charge in [-0.15, -0.1) is 0 Å². The molecule has 162 valence electrons. The number of ether oxygens (including phenoxy) is 3. The summed E-state index contributed by atoms with van der Waals surface area (Å²) in [4.78, 5) is 36.6. The summed E-state index contributed by atoms with van der Waals surface area (Å²) in [6.07, 6.45) is 4.56. The van der Waals surface area contributed by atoms with Gasteiger partial charge in [0.05, 0.1) is 38.5 Å². The molecule has 1 aliphatic carbocycles. The fraction of sp³-hybridized carbons (Fsp3) is 0.409. The molecule has 0 saturated carbocycles. The zero-order valence-electron chi connectivity index (χ0n) is 17.5. The smallest absolute Gasteiger partial charge is 0.236 e. The molecule has 0 saturated heterocycles. The minimum Gasteiger partial charge on any atom is -0.496 e. The lowest BCUT2D eigenvalue weighted by molar-refractivity contribution is -0.129. The van der Waals surface area contributed by atoms with E-state index in [4.69, 9.17) is 25.8 Å². The molecule has 3 heterocycles. The number of benzene rings is 1. The van der Waals surface area contributed by atoms with E-state index in [1.54, 1.807) is 12.4 Å². The van der Waals surface area contributed by atoms with Gasteiger partial charge in [-0.2, -0.15) is 0 Å². The van der Waals surface area contributed by atoms with Crippen LogP contribution in [0.2, 0.25) is 5.02 Å². The largest absolute Gasteiger partial charge is 0.496 e. The first-order valence-electron chi connectivity index (χ1n) is 10.1. The highest BCUT2D eigenvalue weighted by atomic mass is 35.5. The van der Waals surface area contributed by atoms with Crippen molar-refractivity contribution >= 4 is 23.2 Å². The van der Waals surface area contributed by atoms with Crippen molar-refractivity contribution in [2.24, 2.45) is 5.92 Å². The summed E-state index contributed by atoms with van der Waals surface area (Å²) in [6.45, 7) is 3.28. The van der Waals surface area contributed by atoms with Crippen molar-refractivity contribution in [3.8, 4) is 17.2 Å². The van der Waals surface area contributed by atoms with E-state index < -0.39 is 17.3 Å². The molecule has 0 radical (unpaired) electrons. The number of nitrogens with zero attached hydrogens (tertiary/aromatic N) is 2. The lowest BCUT2D eigenvalue weighted by atomic mass is 9.74. The van der Waals surface area contributed by atoms with Gasteiger partial charge in [-0.1, -0.05) is 18.5 Å². The van der Waals surface area contributed by atoms with Gasteiger partial charge < -0.3 is 24.1 Å². The van der Waals surface area contributed by atoms with Crippen molar-refractivity contribution in [1.29, 1.82) is 0 Å². The van der Waals surface area contributed by atoms with E-state index in [0.717, 1.165) is 30.1 Å². The Labute approximate surface area is 184 Å². The zero-order valence-corrected chi connectivity index (χ0v) is 18.2. The van der Waals surface area contributed by atoms with Gasteiger partial charge in [0.1, 0.15) is 22.1 Å². The van der Waals surface area contributed by atoms with Crippen LogP contribution in [0.4, 0.5) is 0 Å². The minimum atomic E-state index is -1.65. The summed E-state index contributed by atoms with van der Waals surface area (Å²) in [7, 11) is 2.91. The summed E-state index contributed by atoms with van der Waals surface area (Å²) >= 11 is 6.43. The highest BCUT2D eigenvalue weighted by molar-refractivity contribution is 6.36. The number of Topliss-reactive ketones (excluding diaryl/α,β-unsaturated/α-hetero) is 1. The molecule has 0 bridgehead atoms. The second-order valence-corrected chi connectivity index (χ2v) is 8.45. The van der Waals surface area contributed by atoms with E-state index in [0.29, 0.717) is 18.7 Å². The van der Waals surface area contributed by atoms with Gasteiger partial charge in [-0.05, 0) is 6.42 Å². The third kappa shape index (κ3) is 2.70. The van der Waals surface area contributed by atoms with Crippen molar-refractivity contribution in [2.75, 3.05) is 20.8 Å². The van der Waals surface area contributed by atoms with Gasteiger partial charge in [0, 0.05) is 36.7 Å². The Morgan fingerprint density at radius 1 is 1.29 bits per heavy atom. The van der Waals surface area contributed by atoms with Gasteiger partial charge >= 0.3 is 0 Å². The lowest BCUT2D eigenvalue weighted by Crippen LogP contribution is -2.55. The molecular weight excluding hydrogens is 422 g/mol. The molecular formula is C22H22ClN3O5. The molecule has 1 aromatic carbocycles. The first-order valence-corrected chi connectivity index (χ1v) is 10.5. The van der Waals surface area contributed by atoms with Crippen LogP contribution in [-0.2, 0) is 17.8 Å². The molecule has 1 spiro atoms. The van der Waals surface area contributed by atoms with E-state index in [1.165, 1.54) is 20.3 Å². The zero-order chi connectivity index (χ0) is 21.9. The van der Waals surface area contributed by atoms with Gasteiger partial charge in [0.15, 0.2) is 5.75 Å². The summed E-state index contributed by atoms with van der Waals surface area (Å²) in [5.41, 5.74) is 1.54. The van der Waals surface area contributed by atoms with E-state index >= 15 is 0 Å². The van der Waals surface area contributed by atoms with Crippen LogP contribution in [0.25, 0.3) is 0 Å². The van der Waals surface area contributed by atoms with Crippen molar-refractivity contribution in [3.63, 3.8) is 0 Å². The van der Waals surface area contributed by atoms with Crippen molar-refractivity contribution in [2.45, 2.75) is 31.9 Å². The number of fused-ring (bicyclic) bond motifs is 2. The van der Waals surface area contributed by atoms with Crippen LogP contribution in [0.15, 0.2) is 24.2 Å². The van der Waals surface area contributed by atoms with Crippen molar-refractivity contribution in [3.05, 3.63) is 46.1 Å². The van der Waals surface area contributed by atoms with Crippen LogP contribution in [0, 0.1) is 5.92 Å². The van der Waals surface area contributed by atoms with E-state index in [9.17, 15) is 9.59 Å². The SMILES string of the molecule is COc1cc(OC)c2c(c1Cl)OC1(C(=O)C=C(N3CCc4nc[nH]c4C3)CC1C)C2=O. The summed E-state index contributed by atoms with van der Waals surface area (Å²) in [5.74, 6) is -0.468. The number of nitrogens with one attached hydrogen (secondary N) is 1. The highest BCUT2D eigenvalue weighted by Crippen LogP contribution is 2.53. The molecule has 9 heteroatoms. The molecule has 8 nitrogen and oxygen atoms in total. The maximum Gasteiger partial charge on any atom is 0.236 e. The molecule has 0 fully saturated rings. The van der Waals surface area contributed by atoms with E-state index in [1.807, 2.05) is 6.92 Å². The number of methoxy groups -OCH3 is 2. The number of carbonyl (C=O) groups excluding carboxylic acids is 2. The topological polar surface area (TPSA) is 93.8 Å². The van der Waals surface area contributed by atoms with E-state index in [2.05, 4.69) is 14.9 Å². The Kier molecular flexibility index (Phi) is 4.51. The number of ketones is 2. The number of carbonyl (C=O) groups is 2. The second-order valence-electron chi connectivity index (χ2n) is 8.07. The summed E-state index contributed by atoms with van der Waals surface area (Å²) < 4.78 is 16.8. The standard InChI is InChI=1S/C22H22ClN3O5/c1-11-6-12(26-5-4-13-14(9-26)25-10-24-13)7-17(27)22(11)21(28)18-15(29-2)8-16(30-3)19(23)20(18)31-22/h7-8,10-11H,4-6,9H2,1-3H3,(H,24,25). The highest BCUT2D eigenvalue weighted by Gasteiger charge is 2.60. The van der Waals surface area contributed by atoms with Crippen LogP contribution in [0.5, 0.6) is 17.2 Å². The number of H-pyrrole nitrogens is 1. The summed E-state index contributed by atoms with van der Waals surface area (Å²) in [6, 6.07) is 1.54. The average Bonchev–Trinajstić information content (AvgIpc) is 3.36. The third-order valence-electron chi connectivity index (χ3n) is 6.47. The van der Waals surface area contributed by atoms with Crippen LogP contribution in [0.3, 0.4) is 0 Å². The van der Waals surface area contributed by atoms with Gasteiger partial charge in [0.2, 0.25) is 17.2 Å². The van der Waals surface area contributed by atoms with Crippen molar-refractivity contribution in [1.82, 2.24) is 14.9 Å². The van der Waals surface area contributed by atoms with Crippen molar-refractivity contribution < 1.29 is 23.8 Å². The molecule has 2 atom stereocenters. The predicted octanol–water partition coefficient (Wildman–Crippen LogP) is 2.95. The van der Waals surface area contributed by atoms with Crippen LogP contribution >= 0.6 is 11.6 Å². The second kappa shape index (κ2) is 7.02. The Balaban J connectivity index is 1.52. The maximum atomic E-state index is 13.6. The molecule has 1 N–H and O–H groups in total. The number of hydrogen-bond donors (Lipinski definition) is 1. The summed E-state index contributed by atoms with van der Waals surface area (Å²) in [5, 5.41) is 0.154. The van der Waals surface area contributed by atoms with E-state index in [-0.39, 0.29) is 27.9 Å². The van der Waals surface area contributed by atoms with Crippen LogP contribution in [0.1, 0.15) is 35.1 Å².